The van der Waals surface area contributed by atoms with Crippen molar-refractivity contribution in [2.45, 2.75) is 36.8 Å². The molecule has 0 aliphatic rings. The molecule has 1 N–H and O–H groups in total. The smallest absolute Gasteiger partial charge is 0.236 e. The lowest BCUT2D eigenvalue weighted by molar-refractivity contribution is -0.127. The van der Waals surface area contributed by atoms with Gasteiger partial charge in [-0.2, -0.15) is 0 Å². The van der Waals surface area contributed by atoms with Crippen LogP contribution < -0.4 is 5.32 Å². The molecule has 0 saturated carbocycles. The minimum atomic E-state index is 0.116. The number of carbonyl (C=O) groups excluding carboxylic acids is 1. The molecular formula is C16H26N2OS. The number of rotatable bonds is 8. The van der Waals surface area contributed by atoms with Gasteiger partial charge in [0.05, 0.1) is 6.54 Å². The van der Waals surface area contributed by atoms with Crippen molar-refractivity contribution in [3.05, 3.63) is 29.8 Å². The molecule has 1 rings (SSSR count). The van der Waals surface area contributed by atoms with Crippen LogP contribution in [0.1, 0.15) is 25.8 Å². The van der Waals surface area contributed by atoms with Crippen molar-refractivity contribution in [1.82, 2.24) is 10.2 Å². The number of carbonyl (C=O) groups is 1. The molecule has 0 heterocycles. The SMILES string of the molecule is CCC(C)Sc1ccc(CCNCC(=O)N(C)C)cc1. The Balaban J connectivity index is 2.29. The molecule has 0 aromatic heterocycles. The van der Waals surface area contributed by atoms with Crippen molar-refractivity contribution >= 4 is 17.7 Å². The maximum absolute atomic E-state index is 11.4. The Hall–Kier alpha value is -1.00. The number of nitrogens with one attached hydrogen (secondary N) is 1. The van der Waals surface area contributed by atoms with Gasteiger partial charge in [-0.1, -0.05) is 26.0 Å². The number of hydrogen-bond acceptors (Lipinski definition) is 3. The third kappa shape index (κ3) is 6.44. The number of nitrogens with zero attached hydrogens (tertiary/aromatic N) is 1. The van der Waals surface area contributed by atoms with Gasteiger partial charge in [-0.25, -0.2) is 0 Å². The molecule has 1 unspecified atom stereocenters. The van der Waals surface area contributed by atoms with Gasteiger partial charge in [-0.05, 0) is 37.1 Å². The van der Waals surface area contributed by atoms with E-state index >= 15 is 0 Å². The van der Waals surface area contributed by atoms with E-state index in [-0.39, 0.29) is 5.91 Å². The molecule has 0 saturated heterocycles. The highest BCUT2D eigenvalue weighted by molar-refractivity contribution is 7.99. The average molecular weight is 294 g/mol. The van der Waals surface area contributed by atoms with Gasteiger partial charge in [0.1, 0.15) is 0 Å². The first-order valence-electron chi connectivity index (χ1n) is 7.19. The second-order valence-electron chi connectivity index (χ2n) is 5.20. The first-order valence-corrected chi connectivity index (χ1v) is 8.07. The first-order chi connectivity index (χ1) is 9.52. The van der Waals surface area contributed by atoms with E-state index in [9.17, 15) is 4.79 Å². The second kappa shape index (κ2) is 9.03. The maximum Gasteiger partial charge on any atom is 0.236 e. The summed E-state index contributed by atoms with van der Waals surface area (Å²) < 4.78 is 0. The highest BCUT2D eigenvalue weighted by Gasteiger charge is 2.03. The fourth-order valence-corrected chi connectivity index (χ4v) is 2.56. The predicted molar refractivity (Wildman–Crippen MR) is 87.3 cm³/mol. The molecule has 0 aliphatic heterocycles. The molecule has 20 heavy (non-hydrogen) atoms. The van der Waals surface area contributed by atoms with Gasteiger partial charge in [0, 0.05) is 24.2 Å². The summed E-state index contributed by atoms with van der Waals surface area (Å²) >= 11 is 1.92. The largest absolute Gasteiger partial charge is 0.348 e. The van der Waals surface area contributed by atoms with Gasteiger partial charge in [0.2, 0.25) is 5.91 Å². The lowest BCUT2D eigenvalue weighted by atomic mass is 10.1. The Kier molecular flexibility index (Phi) is 7.70. The van der Waals surface area contributed by atoms with E-state index in [0.717, 1.165) is 13.0 Å². The number of thioether (sulfide) groups is 1. The van der Waals surface area contributed by atoms with Crippen molar-refractivity contribution in [3.8, 4) is 0 Å². The van der Waals surface area contributed by atoms with Crippen LogP contribution >= 0.6 is 11.8 Å². The molecule has 4 heteroatoms. The van der Waals surface area contributed by atoms with Crippen LogP contribution in [0.5, 0.6) is 0 Å². The van der Waals surface area contributed by atoms with Crippen LogP contribution in [-0.2, 0) is 11.2 Å². The van der Waals surface area contributed by atoms with E-state index in [0.29, 0.717) is 11.8 Å². The zero-order valence-corrected chi connectivity index (χ0v) is 13.8. The summed E-state index contributed by atoms with van der Waals surface area (Å²) in [6.45, 7) is 5.71. The summed E-state index contributed by atoms with van der Waals surface area (Å²) in [5, 5.41) is 3.84. The number of amides is 1. The van der Waals surface area contributed by atoms with Gasteiger partial charge >= 0.3 is 0 Å². The summed E-state index contributed by atoms with van der Waals surface area (Å²) in [6.07, 6.45) is 2.14. The second-order valence-corrected chi connectivity index (χ2v) is 6.71. The molecule has 1 aromatic carbocycles. The Morgan fingerprint density at radius 1 is 1.30 bits per heavy atom. The van der Waals surface area contributed by atoms with Crippen molar-refractivity contribution in [3.63, 3.8) is 0 Å². The molecule has 1 atom stereocenters. The summed E-state index contributed by atoms with van der Waals surface area (Å²) in [7, 11) is 3.55. The van der Waals surface area contributed by atoms with Crippen LogP contribution in [-0.4, -0.2) is 43.2 Å². The van der Waals surface area contributed by atoms with Crippen LogP contribution in [0.25, 0.3) is 0 Å². The molecule has 0 fully saturated rings. The molecule has 0 spiro atoms. The van der Waals surface area contributed by atoms with E-state index in [1.807, 2.05) is 11.8 Å². The lowest BCUT2D eigenvalue weighted by Crippen LogP contribution is -2.33. The predicted octanol–water partition coefficient (Wildman–Crippen LogP) is 2.80. The third-order valence-corrected chi connectivity index (χ3v) is 4.48. The Labute approximate surface area is 127 Å². The quantitative estimate of drug-likeness (QED) is 0.591. The average Bonchev–Trinajstić information content (AvgIpc) is 2.44. The van der Waals surface area contributed by atoms with Gasteiger partial charge in [-0.3, -0.25) is 4.79 Å². The first kappa shape index (κ1) is 17.1. The number of benzene rings is 1. The van der Waals surface area contributed by atoms with Crippen molar-refractivity contribution in [1.29, 1.82) is 0 Å². The molecule has 0 bridgehead atoms. The molecule has 1 aromatic rings. The maximum atomic E-state index is 11.4. The number of likely N-dealkylation sites (N-methyl/N-ethyl adjacent to an activating group) is 1. The molecular weight excluding hydrogens is 268 g/mol. The fourth-order valence-electron chi connectivity index (χ4n) is 1.64. The van der Waals surface area contributed by atoms with E-state index in [4.69, 9.17) is 0 Å². The highest BCUT2D eigenvalue weighted by Crippen LogP contribution is 2.25. The zero-order chi connectivity index (χ0) is 15.0. The molecule has 0 aliphatic carbocycles. The molecule has 112 valence electrons. The summed E-state index contributed by atoms with van der Waals surface area (Å²) in [4.78, 5) is 14.3. The normalized spacial score (nSPS) is 12.2. The van der Waals surface area contributed by atoms with Crippen LogP contribution in [0, 0.1) is 0 Å². The highest BCUT2D eigenvalue weighted by atomic mass is 32.2. The van der Waals surface area contributed by atoms with E-state index < -0.39 is 0 Å². The third-order valence-electron chi connectivity index (χ3n) is 3.20. The van der Waals surface area contributed by atoms with E-state index in [1.54, 1.807) is 19.0 Å². The summed E-state index contributed by atoms with van der Waals surface area (Å²) in [6, 6.07) is 8.74. The minimum absolute atomic E-state index is 0.116. The lowest BCUT2D eigenvalue weighted by Gasteiger charge is -2.11. The van der Waals surface area contributed by atoms with Crippen molar-refractivity contribution in [2.24, 2.45) is 0 Å². The summed E-state index contributed by atoms with van der Waals surface area (Å²) in [5.74, 6) is 0.116. The van der Waals surface area contributed by atoms with Gasteiger partial charge < -0.3 is 10.2 Å². The van der Waals surface area contributed by atoms with E-state index in [1.165, 1.54) is 16.9 Å². The number of hydrogen-bond donors (Lipinski definition) is 1. The van der Waals surface area contributed by atoms with Gasteiger partial charge in [-0.15, -0.1) is 11.8 Å². The monoisotopic (exact) mass is 294 g/mol. The van der Waals surface area contributed by atoms with Crippen LogP contribution in [0.15, 0.2) is 29.2 Å². The molecule has 1 amide bonds. The van der Waals surface area contributed by atoms with E-state index in [2.05, 4.69) is 43.4 Å². The van der Waals surface area contributed by atoms with Crippen molar-refractivity contribution < 1.29 is 4.79 Å². The van der Waals surface area contributed by atoms with Crippen LogP contribution in [0.2, 0.25) is 0 Å². The Bertz CT molecular complexity index is 403. The topological polar surface area (TPSA) is 32.3 Å². The minimum Gasteiger partial charge on any atom is -0.348 e. The molecule has 3 nitrogen and oxygen atoms in total. The van der Waals surface area contributed by atoms with Gasteiger partial charge in [0.25, 0.3) is 0 Å². The van der Waals surface area contributed by atoms with Crippen LogP contribution in [0.4, 0.5) is 0 Å². The Morgan fingerprint density at radius 3 is 2.50 bits per heavy atom. The van der Waals surface area contributed by atoms with Gasteiger partial charge in [0.15, 0.2) is 0 Å². The summed E-state index contributed by atoms with van der Waals surface area (Å²) in [5.41, 5.74) is 1.31. The standard InChI is InChI=1S/C16H26N2OS/c1-5-13(2)20-15-8-6-14(7-9-15)10-11-17-12-16(19)18(3)4/h6-9,13,17H,5,10-12H2,1-4H3. The van der Waals surface area contributed by atoms with Crippen LogP contribution in [0.3, 0.4) is 0 Å². The zero-order valence-electron chi connectivity index (χ0n) is 13.0. The molecule has 0 radical (unpaired) electrons. The van der Waals surface area contributed by atoms with Crippen molar-refractivity contribution in [2.75, 3.05) is 27.2 Å². The fraction of sp³-hybridized carbons (Fsp3) is 0.562. The Morgan fingerprint density at radius 2 is 1.95 bits per heavy atom.